The Balaban J connectivity index is 1.81. The van der Waals surface area contributed by atoms with Crippen molar-refractivity contribution in [2.24, 2.45) is 0 Å². The molecule has 0 bridgehead atoms. The molecule has 3 heterocycles. The summed E-state index contributed by atoms with van der Waals surface area (Å²) in [6.45, 7) is 15.0. The van der Waals surface area contributed by atoms with Gasteiger partial charge in [-0.05, 0) is 50.1 Å². The number of aliphatic hydroxyl groups excluding tert-OH is 1. The average molecular weight is 589 g/mol. The van der Waals surface area contributed by atoms with Crippen LogP contribution in [0.3, 0.4) is 0 Å². The van der Waals surface area contributed by atoms with Crippen LogP contribution in [-0.2, 0) is 16.1 Å². The van der Waals surface area contributed by atoms with Crippen molar-refractivity contribution in [2.45, 2.75) is 59.1 Å². The molecule has 0 saturated carbocycles. The van der Waals surface area contributed by atoms with E-state index in [4.69, 9.17) is 14.2 Å². The van der Waals surface area contributed by atoms with Crippen molar-refractivity contribution in [1.82, 2.24) is 14.5 Å². The number of anilines is 2. The average Bonchev–Trinajstić information content (AvgIpc) is 3.30. The maximum atomic E-state index is 13.0. The van der Waals surface area contributed by atoms with Crippen LogP contribution < -0.4 is 14.4 Å². The number of aliphatic hydroxyl groups is 1. The summed E-state index contributed by atoms with van der Waals surface area (Å²) in [7, 11) is 1.54. The van der Waals surface area contributed by atoms with Crippen LogP contribution in [0.1, 0.15) is 28.5 Å². The highest BCUT2D eigenvalue weighted by Crippen LogP contribution is 2.49. The van der Waals surface area contributed by atoms with Gasteiger partial charge >= 0.3 is 5.97 Å². The van der Waals surface area contributed by atoms with E-state index in [1.807, 2.05) is 36.9 Å². The molecular formula is C32H40N4O5Si. The number of aromatic nitrogens is 3. The van der Waals surface area contributed by atoms with Crippen LogP contribution in [0, 0.1) is 20.8 Å². The Bertz CT molecular complexity index is 1640. The number of hydrogen-bond acceptors (Lipinski definition) is 8. The van der Waals surface area contributed by atoms with Crippen molar-refractivity contribution < 1.29 is 24.1 Å². The van der Waals surface area contributed by atoms with Gasteiger partial charge in [-0.1, -0.05) is 31.8 Å². The predicted octanol–water partition coefficient (Wildman–Crippen LogP) is 6.11. The summed E-state index contributed by atoms with van der Waals surface area (Å²) in [4.78, 5) is 24.2. The molecule has 1 atom stereocenters. The quantitative estimate of drug-likeness (QED) is 0.185. The third-order valence-electron chi connectivity index (χ3n) is 7.95. The van der Waals surface area contributed by atoms with Gasteiger partial charge in [0.25, 0.3) is 0 Å². The predicted molar refractivity (Wildman–Crippen MR) is 168 cm³/mol. The molecule has 0 aliphatic carbocycles. The van der Waals surface area contributed by atoms with E-state index >= 15 is 0 Å². The lowest BCUT2D eigenvalue weighted by Gasteiger charge is -2.33. The molecule has 0 fully saturated rings. The Morgan fingerprint density at radius 1 is 1.07 bits per heavy atom. The van der Waals surface area contributed by atoms with Crippen molar-refractivity contribution in [1.29, 1.82) is 0 Å². The largest absolute Gasteiger partial charge is 0.494 e. The van der Waals surface area contributed by atoms with E-state index in [0.717, 1.165) is 62.9 Å². The maximum Gasteiger partial charge on any atom is 0.339 e. The number of carbonyl (C=O) groups is 1. The number of hydrogen-bond donors (Lipinski definition) is 1. The first kappa shape index (κ1) is 29.6. The molecule has 222 valence electrons. The first-order valence-corrected chi connectivity index (χ1v) is 18.0. The lowest BCUT2D eigenvalue weighted by molar-refractivity contribution is -0.150. The van der Waals surface area contributed by atoms with Gasteiger partial charge in [0.05, 0.1) is 44.4 Å². The molecule has 2 aromatic carbocycles. The molecule has 5 rings (SSSR count). The first-order valence-electron chi connectivity index (χ1n) is 14.2. The summed E-state index contributed by atoms with van der Waals surface area (Å²) in [6.07, 6.45) is 1.77. The fraction of sp³-hybridized carbons (Fsp3) is 0.406. The highest BCUT2D eigenvalue weighted by Gasteiger charge is 2.35. The zero-order chi connectivity index (χ0) is 30.3. The molecule has 4 aromatic rings. The number of nitrogens with zero attached hydrogens (tertiary/aromatic N) is 4. The van der Waals surface area contributed by atoms with Crippen LogP contribution in [0.15, 0.2) is 36.7 Å². The van der Waals surface area contributed by atoms with Gasteiger partial charge in [0, 0.05) is 48.9 Å². The number of rotatable bonds is 9. The zero-order valence-electron chi connectivity index (χ0n) is 25.7. The standard InChI is InChI=1S/C32H40N4O5Si/c1-19-9-10-23(25(15-19)41-13-14-42(6,7)8)27-24-16-20(2)35-11-12-36(32-33-17-22(39-4)18-34-32)28(29(24)35)21(3)26(27)30(37)31(38)40-5/h9-10,15-18,30,37H,11-14H2,1-8H3/t30-/m0/s1. The molecule has 0 spiro atoms. The molecule has 0 saturated heterocycles. The summed E-state index contributed by atoms with van der Waals surface area (Å²) in [5.41, 5.74) is 6.84. The number of aryl methyl sites for hydroxylation is 2. The topological polar surface area (TPSA) is 98.9 Å². The van der Waals surface area contributed by atoms with Crippen LogP contribution in [0.5, 0.6) is 11.5 Å². The molecule has 0 radical (unpaired) electrons. The highest BCUT2D eigenvalue weighted by atomic mass is 28.3. The summed E-state index contributed by atoms with van der Waals surface area (Å²) < 4.78 is 19.1. The molecule has 0 amide bonds. The second-order valence-corrected chi connectivity index (χ2v) is 17.7. The van der Waals surface area contributed by atoms with E-state index in [9.17, 15) is 9.90 Å². The summed E-state index contributed by atoms with van der Waals surface area (Å²) in [6, 6.07) is 9.25. The second kappa shape index (κ2) is 11.4. The minimum atomic E-state index is -1.51. The second-order valence-electron chi connectivity index (χ2n) is 12.1. The Morgan fingerprint density at radius 3 is 2.43 bits per heavy atom. The first-order chi connectivity index (χ1) is 19.9. The van der Waals surface area contributed by atoms with E-state index < -0.39 is 20.1 Å². The highest BCUT2D eigenvalue weighted by molar-refractivity contribution is 6.76. The van der Waals surface area contributed by atoms with Crippen LogP contribution in [0.4, 0.5) is 11.6 Å². The molecule has 1 N–H and O–H groups in total. The Labute approximate surface area is 248 Å². The van der Waals surface area contributed by atoms with Crippen LogP contribution in [0.2, 0.25) is 25.7 Å². The Kier molecular flexibility index (Phi) is 8.04. The lowest BCUT2D eigenvalue weighted by Crippen LogP contribution is -2.30. The van der Waals surface area contributed by atoms with Gasteiger partial charge in [0.15, 0.2) is 11.9 Å². The van der Waals surface area contributed by atoms with E-state index in [1.165, 1.54) is 7.11 Å². The summed E-state index contributed by atoms with van der Waals surface area (Å²) >= 11 is 0. The van der Waals surface area contributed by atoms with Gasteiger partial charge in [-0.15, -0.1) is 0 Å². The molecule has 10 heteroatoms. The SMILES string of the molecule is COC(=O)[C@@H](O)c1c(C)c2c3c(cc(C)n3CCN2c2ncc(OC)cn2)c1-c1ccc(C)cc1OCC[Si](C)(C)C. The summed E-state index contributed by atoms with van der Waals surface area (Å²) in [5.74, 6) is 1.09. The maximum absolute atomic E-state index is 13.0. The van der Waals surface area contributed by atoms with Gasteiger partial charge < -0.3 is 28.8 Å². The van der Waals surface area contributed by atoms with Crippen LogP contribution in [-0.4, -0.2) is 61.1 Å². The monoisotopic (exact) mass is 588 g/mol. The van der Waals surface area contributed by atoms with Crippen molar-refractivity contribution in [3.05, 3.63) is 59.0 Å². The van der Waals surface area contributed by atoms with Gasteiger partial charge in [-0.2, -0.15) is 0 Å². The molecule has 1 aliphatic heterocycles. The van der Waals surface area contributed by atoms with Crippen LogP contribution in [0.25, 0.3) is 22.0 Å². The van der Waals surface area contributed by atoms with Crippen molar-refractivity contribution in [3.8, 4) is 22.6 Å². The van der Waals surface area contributed by atoms with Gasteiger partial charge in [0.2, 0.25) is 5.95 Å². The van der Waals surface area contributed by atoms with E-state index in [1.54, 1.807) is 19.5 Å². The third-order valence-corrected chi connectivity index (χ3v) is 9.65. The van der Waals surface area contributed by atoms with Crippen molar-refractivity contribution in [3.63, 3.8) is 0 Å². The number of esters is 1. The molecule has 2 aromatic heterocycles. The summed E-state index contributed by atoms with van der Waals surface area (Å²) in [5, 5.41) is 12.5. The van der Waals surface area contributed by atoms with Crippen LogP contribution >= 0.6 is 0 Å². The van der Waals surface area contributed by atoms with Gasteiger partial charge in [0.1, 0.15) is 5.75 Å². The minimum absolute atomic E-state index is 0.487. The Hall–Kier alpha value is -3.89. The van der Waals surface area contributed by atoms with Gasteiger partial charge in [-0.3, -0.25) is 0 Å². The third kappa shape index (κ3) is 5.36. The Morgan fingerprint density at radius 2 is 1.79 bits per heavy atom. The number of methoxy groups -OCH3 is 2. The lowest BCUT2D eigenvalue weighted by atomic mass is 9.86. The van der Waals surface area contributed by atoms with Crippen molar-refractivity contribution >= 4 is 36.6 Å². The van der Waals surface area contributed by atoms with E-state index in [-0.39, 0.29) is 0 Å². The number of carbonyl (C=O) groups excluding carboxylic acids is 1. The minimum Gasteiger partial charge on any atom is -0.494 e. The smallest absolute Gasteiger partial charge is 0.339 e. The van der Waals surface area contributed by atoms with Crippen molar-refractivity contribution in [2.75, 3.05) is 32.3 Å². The molecule has 0 unspecified atom stereocenters. The van der Waals surface area contributed by atoms with E-state index in [0.29, 0.717) is 30.4 Å². The fourth-order valence-corrected chi connectivity index (χ4v) is 6.44. The molecular weight excluding hydrogens is 548 g/mol. The molecule has 42 heavy (non-hydrogen) atoms. The normalized spacial score (nSPS) is 13.8. The number of benzene rings is 2. The van der Waals surface area contributed by atoms with Gasteiger partial charge in [-0.25, -0.2) is 14.8 Å². The fourth-order valence-electron chi connectivity index (χ4n) is 5.73. The zero-order valence-corrected chi connectivity index (χ0v) is 26.7. The van der Waals surface area contributed by atoms with E-state index in [2.05, 4.69) is 47.2 Å². The molecule has 9 nitrogen and oxygen atoms in total. The molecule has 1 aliphatic rings. The number of ether oxygens (including phenoxy) is 3.